The number of amides is 2. The molecule has 2 aliphatic rings. The summed E-state index contributed by atoms with van der Waals surface area (Å²) in [5.74, 6) is 0.748. The first-order valence-corrected chi connectivity index (χ1v) is 7.51. The summed E-state index contributed by atoms with van der Waals surface area (Å²) in [5.41, 5.74) is 1.20. The number of para-hydroxylation sites is 1. The molecule has 0 aromatic heterocycles. The Bertz CT molecular complexity index is 533. The number of benzene rings is 1. The maximum Gasteiger partial charge on any atom is 0.246 e. The van der Waals surface area contributed by atoms with Crippen molar-refractivity contribution in [2.75, 3.05) is 13.1 Å². The number of carbonyl (C=O) groups excluding carboxylic acids is 2. The van der Waals surface area contributed by atoms with Crippen LogP contribution in [0.2, 0.25) is 0 Å². The third kappa shape index (κ3) is 2.78. The van der Waals surface area contributed by atoms with Gasteiger partial charge in [0.2, 0.25) is 11.8 Å². The summed E-state index contributed by atoms with van der Waals surface area (Å²) < 4.78 is 5.83. The van der Waals surface area contributed by atoms with E-state index >= 15 is 0 Å². The summed E-state index contributed by atoms with van der Waals surface area (Å²) in [7, 11) is 0. The largest absolute Gasteiger partial charge is 0.488 e. The predicted octanol–water partition coefficient (Wildman–Crippen LogP) is 1.12. The molecular formula is C16H20N2O3. The quantitative estimate of drug-likeness (QED) is 0.825. The minimum absolute atomic E-state index is 0.0329. The van der Waals surface area contributed by atoms with E-state index in [-0.39, 0.29) is 24.3 Å². The highest BCUT2D eigenvalue weighted by molar-refractivity contribution is 6.05. The molecule has 1 aromatic rings. The monoisotopic (exact) mass is 288 g/mol. The summed E-state index contributed by atoms with van der Waals surface area (Å²) in [6.45, 7) is 3.06. The first kappa shape index (κ1) is 14.1. The normalized spacial score (nSPS) is 24.3. The zero-order valence-corrected chi connectivity index (χ0v) is 12.2. The number of carbonyl (C=O) groups is 2. The molecule has 2 atom stereocenters. The molecule has 1 fully saturated rings. The Morgan fingerprint density at radius 3 is 2.86 bits per heavy atom. The van der Waals surface area contributed by atoms with Crippen molar-refractivity contribution in [1.29, 1.82) is 0 Å². The number of ether oxygens (including phenoxy) is 1. The van der Waals surface area contributed by atoms with E-state index in [0.717, 1.165) is 18.6 Å². The molecule has 2 amide bonds. The van der Waals surface area contributed by atoms with Gasteiger partial charge in [-0.05, 0) is 18.1 Å². The number of nitrogens with one attached hydrogen (secondary N) is 1. The van der Waals surface area contributed by atoms with Crippen LogP contribution in [0.3, 0.4) is 0 Å². The van der Waals surface area contributed by atoms with Crippen molar-refractivity contribution in [1.82, 2.24) is 10.2 Å². The van der Waals surface area contributed by atoms with Crippen LogP contribution in [-0.2, 0) is 16.0 Å². The second-order valence-electron chi connectivity index (χ2n) is 5.60. The van der Waals surface area contributed by atoms with Crippen LogP contribution in [-0.4, -0.2) is 41.9 Å². The van der Waals surface area contributed by atoms with Gasteiger partial charge in [0.15, 0.2) is 0 Å². The summed E-state index contributed by atoms with van der Waals surface area (Å²) in [6, 6.07) is 7.58. The van der Waals surface area contributed by atoms with Gasteiger partial charge in [-0.1, -0.05) is 25.1 Å². The van der Waals surface area contributed by atoms with E-state index in [1.54, 1.807) is 0 Å². The fourth-order valence-electron chi connectivity index (χ4n) is 2.94. The second-order valence-corrected chi connectivity index (χ2v) is 5.60. The molecule has 0 bridgehead atoms. The fraction of sp³-hybridized carbons (Fsp3) is 0.500. The number of hydrogen-bond acceptors (Lipinski definition) is 4. The molecule has 1 N–H and O–H groups in total. The molecule has 2 unspecified atom stereocenters. The van der Waals surface area contributed by atoms with E-state index in [2.05, 4.69) is 11.4 Å². The van der Waals surface area contributed by atoms with Crippen LogP contribution in [0.25, 0.3) is 0 Å². The van der Waals surface area contributed by atoms with E-state index in [1.807, 2.05) is 25.1 Å². The molecule has 21 heavy (non-hydrogen) atoms. The van der Waals surface area contributed by atoms with Gasteiger partial charge < -0.3 is 10.1 Å². The number of fused-ring (bicyclic) bond motifs is 1. The van der Waals surface area contributed by atoms with Crippen LogP contribution < -0.4 is 10.1 Å². The van der Waals surface area contributed by atoms with Crippen LogP contribution in [0.5, 0.6) is 5.75 Å². The van der Waals surface area contributed by atoms with Crippen molar-refractivity contribution in [2.45, 2.75) is 38.3 Å². The van der Waals surface area contributed by atoms with Gasteiger partial charge in [0.1, 0.15) is 11.9 Å². The Balaban J connectivity index is 1.53. The summed E-state index contributed by atoms with van der Waals surface area (Å²) in [6.07, 6.45) is 1.94. The van der Waals surface area contributed by atoms with Crippen molar-refractivity contribution >= 4 is 11.8 Å². The zero-order valence-electron chi connectivity index (χ0n) is 12.2. The lowest BCUT2D eigenvalue weighted by molar-refractivity contribution is -0.138. The molecule has 2 heterocycles. The van der Waals surface area contributed by atoms with Crippen LogP contribution in [0.15, 0.2) is 24.3 Å². The number of likely N-dealkylation sites (tertiary alicyclic amines) is 1. The lowest BCUT2D eigenvalue weighted by Gasteiger charge is -2.16. The summed E-state index contributed by atoms with van der Waals surface area (Å²) in [5, 5.41) is 3.19. The molecule has 0 radical (unpaired) electrons. The molecule has 2 aliphatic heterocycles. The Labute approximate surface area is 124 Å². The third-order valence-electron chi connectivity index (χ3n) is 4.00. The Kier molecular flexibility index (Phi) is 3.92. The molecule has 5 heteroatoms. The molecule has 1 saturated heterocycles. The maximum absolute atomic E-state index is 12.1. The van der Waals surface area contributed by atoms with Gasteiger partial charge >= 0.3 is 0 Å². The SMILES string of the molecule is CCCN1C(=O)CC(NCC2Cc3ccccc3O2)C1=O. The minimum atomic E-state index is -0.392. The van der Waals surface area contributed by atoms with E-state index < -0.39 is 6.04 Å². The molecule has 112 valence electrons. The molecule has 3 rings (SSSR count). The Hall–Kier alpha value is -1.88. The van der Waals surface area contributed by atoms with Crippen molar-refractivity contribution < 1.29 is 14.3 Å². The van der Waals surface area contributed by atoms with Crippen LogP contribution >= 0.6 is 0 Å². The molecule has 0 spiro atoms. The average Bonchev–Trinajstić information content (AvgIpc) is 3.01. The van der Waals surface area contributed by atoms with Crippen LogP contribution in [0, 0.1) is 0 Å². The number of rotatable bonds is 5. The molecule has 5 nitrogen and oxygen atoms in total. The lowest BCUT2D eigenvalue weighted by atomic mass is 10.1. The molecule has 0 aliphatic carbocycles. The van der Waals surface area contributed by atoms with Crippen molar-refractivity contribution in [2.24, 2.45) is 0 Å². The number of hydrogen-bond donors (Lipinski definition) is 1. The van der Waals surface area contributed by atoms with Gasteiger partial charge in [-0.2, -0.15) is 0 Å². The minimum Gasteiger partial charge on any atom is -0.488 e. The lowest BCUT2D eigenvalue weighted by Crippen LogP contribution is -2.42. The summed E-state index contributed by atoms with van der Waals surface area (Å²) >= 11 is 0. The molecule has 0 saturated carbocycles. The smallest absolute Gasteiger partial charge is 0.246 e. The number of nitrogens with zero attached hydrogens (tertiary/aromatic N) is 1. The highest BCUT2D eigenvalue weighted by Crippen LogP contribution is 2.28. The molecular weight excluding hydrogens is 268 g/mol. The topological polar surface area (TPSA) is 58.6 Å². The van der Waals surface area contributed by atoms with Gasteiger partial charge in [0.25, 0.3) is 0 Å². The third-order valence-corrected chi connectivity index (χ3v) is 4.00. The van der Waals surface area contributed by atoms with E-state index in [4.69, 9.17) is 4.74 Å². The maximum atomic E-state index is 12.1. The fourth-order valence-corrected chi connectivity index (χ4v) is 2.94. The van der Waals surface area contributed by atoms with Crippen LogP contribution in [0.4, 0.5) is 0 Å². The van der Waals surface area contributed by atoms with Crippen molar-refractivity contribution in [3.63, 3.8) is 0 Å². The molecule has 1 aromatic carbocycles. The van der Waals surface area contributed by atoms with Gasteiger partial charge in [-0.15, -0.1) is 0 Å². The van der Waals surface area contributed by atoms with Gasteiger partial charge in [-0.3, -0.25) is 14.5 Å². The predicted molar refractivity (Wildman–Crippen MR) is 78.0 cm³/mol. The van der Waals surface area contributed by atoms with Crippen molar-refractivity contribution in [3.8, 4) is 5.75 Å². The van der Waals surface area contributed by atoms with Gasteiger partial charge in [0, 0.05) is 19.5 Å². The van der Waals surface area contributed by atoms with E-state index in [9.17, 15) is 9.59 Å². The first-order chi connectivity index (χ1) is 10.2. The first-order valence-electron chi connectivity index (χ1n) is 7.51. The Morgan fingerprint density at radius 2 is 2.10 bits per heavy atom. The zero-order chi connectivity index (χ0) is 14.8. The highest BCUT2D eigenvalue weighted by Gasteiger charge is 2.38. The summed E-state index contributed by atoms with van der Waals surface area (Å²) in [4.78, 5) is 25.3. The number of imide groups is 1. The highest BCUT2D eigenvalue weighted by atomic mass is 16.5. The van der Waals surface area contributed by atoms with E-state index in [1.165, 1.54) is 10.5 Å². The standard InChI is InChI=1S/C16H20N2O3/c1-2-7-18-15(19)9-13(16(18)20)17-10-12-8-11-5-3-4-6-14(11)21-12/h3-6,12-13,17H,2,7-10H2,1H3. The van der Waals surface area contributed by atoms with Gasteiger partial charge in [0.05, 0.1) is 12.5 Å². The Morgan fingerprint density at radius 1 is 1.29 bits per heavy atom. The second kappa shape index (κ2) is 5.85. The van der Waals surface area contributed by atoms with Crippen LogP contribution in [0.1, 0.15) is 25.3 Å². The van der Waals surface area contributed by atoms with Gasteiger partial charge in [-0.25, -0.2) is 0 Å². The average molecular weight is 288 g/mol. The van der Waals surface area contributed by atoms with Crippen molar-refractivity contribution in [3.05, 3.63) is 29.8 Å². The van der Waals surface area contributed by atoms with E-state index in [0.29, 0.717) is 13.1 Å².